The average molecular weight is 268 g/mol. The first-order valence-electron chi connectivity index (χ1n) is 5.74. The van der Waals surface area contributed by atoms with Gasteiger partial charge in [-0.25, -0.2) is 4.39 Å². The molecule has 0 fully saturated rings. The maximum atomic E-state index is 13.2. The summed E-state index contributed by atoms with van der Waals surface area (Å²) < 4.78 is 15.0. The molecule has 18 heavy (non-hydrogen) atoms. The second-order valence-electron chi connectivity index (χ2n) is 4.11. The van der Waals surface area contributed by atoms with Crippen molar-refractivity contribution in [1.29, 1.82) is 0 Å². The van der Waals surface area contributed by atoms with Crippen molar-refractivity contribution in [1.82, 2.24) is 15.1 Å². The maximum Gasteiger partial charge on any atom is 0.141 e. The van der Waals surface area contributed by atoms with E-state index in [9.17, 15) is 4.39 Å². The van der Waals surface area contributed by atoms with Crippen LogP contribution >= 0.6 is 11.6 Å². The number of rotatable bonds is 4. The standard InChI is InChI=1S/C13H15ClFN3/c1-16-6-5-13-10(8-17-18(13)2)9-3-4-12(15)11(14)7-9/h3-4,7-8,16H,5-6H2,1-2H3. The summed E-state index contributed by atoms with van der Waals surface area (Å²) in [6.45, 7) is 0.863. The van der Waals surface area contributed by atoms with Crippen molar-refractivity contribution >= 4 is 11.6 Å². The Labute approximate surface area is 111 Å². The van der Waals surface area contributed by atoms with Gasteiger partial charge in [-0.1, -0.05) is 17.7 Å². The van der Waals surface area contributed by atoms with E-state index in [1.54, 1.807) is 18.3 Å². The molecule has 0 amide bonds. The molecular weight excluding hydrogens is 253 g/mol. The van der Waals surface area contributed by atoms with Crippen LogP contribution in [0.2, 0.25) is 5.02 Å². The molecule has 0 aliphatic carbocycles. The fraction of sp³-hybridized carbons (Fsp3) is 0.308. The molecule has 1 N–H and O–H groups in total. The molecule has 96 valence electrons. The molecule has 0 aliphatic rings. The SMILES string of the molecule is CNCCc1c(-c2ccc(F)c(Cl)c2)cnn1C. The summed E-state index contributed by atoms with van der Waals surface area (Å²) in [7, 11) is 3.81. The van der Waals surface area contributed by atoms with Crippen molar-refractivity contribution in [2.45, 2.75) is 6.42 Å². The Morgan fingerprint density at radius 1 is 1.44 bits per heavy atom. The third kappa shape index (κ3) is 2.54. The number of benzene rings is 1. The van der Waals surface area contributed by atoms with Gasteiger partial charge in [0.15, 0.2) is 0 Å². The van der Waals surface area contributed by atoms with E-state index < -0.39 is 5.82 Å². The van der Waals surface area contributed by atoms with Gasteiger partial charge in [0.25, 0.3) is 0 Å². The van der Waals surface area contributed by atoms with Crippen LogP contribution in [0.15, 0.2) is 24.4 Å². The van der Waals surface area contributed by atoms with E-state index in [4.69, 9.17) is 11.6 Å². The minimum atomic E-state index is -0.402. The molecule has 0 saturated carbocycles. The summed E-state index contributed by atoms with van der Waals surface area (Å²) in [5.74, 6) is -0.402. The van der Waals surface area contributed by atoms with E-state index in [0.717, 1.165) is 29.8 Å². The summed E-state index contributed by atoms with van der Waals surface area (Å²) in [5, 5.41) is 7.49. The van der Waals surface area contributed by atoms with Gasteiger partial charge in [-0.2, -0.15) is 5.10 Å². The van der Waals surface area contributed by atoms with Gasteiger partial charge in [-0.05, 0) is 24.7 Å². The number of aryl methyl sites for hydroxylation is 1. The van der Waals surface area contributed by atoms with Crippen molar-refractivity contribution in [2.75, 3.05) is 13.6 Å². The van der Waals surface area contributed by atoms with Crippen LogP contribution < -0.4 is 5.32 Å². The molecule has 0 radical (unpaired) electrons. The molecule has 0 aliphatic heterocycles. The van der Waals surface area contributed by atoms with E-state index in [2.05, 4.69) is 10.4 Å². The van der Waals surface area contributed by atoms with Crippen LogP contribution in [-0.4, -0.2) is 23.4 Å². The fourth-order valence-electron chi connectivity index (χ4n) is 1.91. The average Bonchev–Trinajstić information content (AvgIpc) is 2.72. The van der Waals surface area contributed by atoms with Crippen molar-refractivity contribution < 1.29 is 4.39 Å². The first-order valence-corrected chi connectivity index (χ1v) is 6.12. The van der Waals surface area contributed by atoms with Gasteiger partial charge in [-0.15, -0.1) is 0 Å². The molecule has 0 spiro atoms. The summed E-state index contributed by atoms with van der Waals surface area (Å²) in [6, 6.07) is 4.74. The number of hydrogen-bond acceptors (Lipinski definition) is 2. The Kier molecular flexibility index (Phi) is 3.99. The number of hydrogen-bond donors (Lipinski definition) is 1. The highest BCUT2D eigenvalue weighted by Gasteiger charge is 2.11. The van der Waals surface area contributed by atoms with E-state index in [1.165, 1.54) is 6.07 Å². The smallest absolute Gasteiger partial charge is 0.141 e. The first-order chi connectivity index (χ1) is 8.63. The van der Waals surface area contributed by atoms with Crippen molar-refractivity contribution in [3.05, 3.63) is 40.9 Å². The highest BCUT2D eigenvalue weighted by molar-refractivity contribution is 6.31. The Balaban J connectivity index is 2.40. The molecular formula is C13H15ClFN3. The third-order valence-corrected chi connectivity index (χ3v) is 3.19. The summed E-state index contributed by atoms with van der Waals surface area (Å²) in [6.07, 6.45) is 2.64. The zero-order valence-corrected chi connectivity index (χ0v) is 11.1. The van der Waals surface area contributed by atoms with Crippen LogP contribution in [0.3, 0.4) is 0 Å². The van der Waals surface area contributed by atoms with E-state index >= 15 is 0 Å². The fourth-order valence-corrected chi connectivity index (χ4v) is 2.09. The van der Waals surface area contributed by atoms with Crippen LogP contribution in [0, 0.1) is 5.82 Å². The van der Waals surface area contributed by atoms with Gasteiger partial charge in [0, 0.05) is 31.3 Å². The van der Waals surface area contributed by atoms with E-state index in [1.807, 2.05) is 18.8 Å². The molecule has 0 bridgehead atoms. The van der Waals surface area contributed by atoms with Gasteiger partial charge < -0.3 is 5.32 Å². The first kappa shape index (κ1) is 13.1. The summed E-state index contributed by atoms with van der Waals surface area (Å²) >= 11 is 5.81. The molecule has 0 atom stereocenters. The quantitative estimate of drug-likeness (QED) is 0.923. The Hall–Kier alpha value is -1.39. The van der Waals surface area contributed by atoms with Gasteiger partial charge in [0.2, 0.25) is 0 Å². The summed E-state index contributed by atoms with van der Waals surface area (Å²) in [4.78, 5) is 0. The highest BCUT2D eigenvalue weighted by Crippen LogP contribution is 2.27. The minimum Gasteiger partial charge on any atom is -0.319 e. The van der Waals surface area contributed by atoms with E-state index in [-0.39, 0.29) is 5.02 Å². The lowest BCUT2D eigenvalue weighted by molar-refractivity contribution is 0.628. The molecule has 0 unspecified atom stereocenters. The molecule has 1 heterocycles. The molecule has 1 aromatic heterocycles. The lowest BCUT2D eigenvalue weighted by atomic mass is 10.0. The monoisotopic (exact) mass is 267 g/mol. The topological polar surface area (TPSA) is 29.9 Å². The van der Waals surface area contributed by atoms with Gasteiger partial charge >= 0.3 is 0 Å². The Morgan fingerprint density at radius 3 is 2.89 bits per heavy atom. The number of aromatic nitrogens is 2. The van der Waals surface area contributed by atoms with E-state index in [0.29, 0.717) is 0 Å². The second-order valence-corrected chi connectivity index (χ2v) is 4.52. The Bertz CT molecular complexity index is 551. The molecule has 0 saturated heterocycles. The largest absolute Gasteiger partial charge is 0.319 e. The van der Waals surface area contributed by atoms with Crippen LogP contribution in [0.5, 0.6) is 0 Å². The van der Waals surface area contributed by atoms with Crippen LogP contribution in [-0.2, 0) is 13.5 Å². The second kappa shape index (κ2) is 5.50. The van der Waals surface area contributed by atoms with Crippen LogP contribution in [0.4, 0.5) is 4.39 Å². The van der Waals surface area contributed by atoms with Gasteiger partial charge in [0.05, 0.1) is 11.2 Å². The molecule has 3 nitrogen and oxygen atoms in total. The van der Waals surface area contributed by atoms with Gasteiger partial charge in [0.1, 0.15) is 5.82 Å². The normalized spacial score (nSPS) is 10.9. The summed E-state index contributed by atoms with van der Waals surface area (Å²) in [5.41, 5.74) is 2.99. The lowest BCUT2D eigenvalue weighted by Crippen LogP contribution is -2.13. The van der Waals surface area contributed by atoms with Crippen molar-refractivity contribution in [2.24, 2.45) is 7.05 Å². The third-order valence-electron chi connectivity index (χ3n) is 2.90. The predicted octanol–water partition coefficient (Wildman–Crippen LogP) is 2.64. The van der Waals surface area contributed by atoms with Crippen molar-refractivity contribution in [3.8, 4) is 11.1 Å². The maximum absolute atomic E-state index is 13.2. The van der Waals surface area contributed by atoms with Crippen LogP contribution in [0.1, 0.15) is 5.69 Å². The predicted molar refractivity (Wildman–Crippen MR) is 71.2 cm³/mol. The number of nitrogens with one attached hydrogen (secondary N) is 1. The molecule has 2 rings (SSSR count). The van der Waals surface area contributed by atoms with Crippen LogP contribution in [0.25, 0.3) is 11.1 Å². The molecule has 5 heteroatoms. The van der Waals surface area contributed by atoms with Crippen molar-refractivity contribution in [3.63, 3.8) is 0 Å². The number of halogens is 2. The zero-order chi connectivity index (χ0) is 13.1. The molecule has 1 aromatic carbocycles. The number of likely N-dealkylation sites (N-methyl/N-ethyl adjacent to an activating group) is 1. The Morgan fingerprint density at radius 2 is 2.22 bits per heavy atom. The zero-order valence-electron chi connectivity index (χ0n) is 10.4. The minimum absolute atomic E-state index is 0.135. The highest BCUT2D eigenvalue weighted by atomic mass is 35.5. The van der Waals surface area contributed by atoms with Gasteiger partial charge in [-0.3, -0.25) is 4.68 Å². The molecule has 2 aromatic rings. The number of nitrogens with zero attached hydrogens (tertiary/aromatic N) is 2. The lowest BCUT2D eigenvalue weighted by Gasteiger charge is -2.07.